The molecule has 0 fully saturated rings. The number of aldehydes is 1. The summed E-state index contributed by atoms with van der Waals surface area (Å²) in [5, 5.41) is 0. The Labute approximate surface area is 115 Å². The third-order valence-electron chi connectivity index (χ3n) is 3.13. The second-order valence-electron chi connectivity index (χ2n) is 4.30. The third kappa shape index (κ3) is 1.93. The SMILES string of the molecule is COc1ccc(-c2cc3[nH]c(C=O)cc3o2)c(OC)c1. The van der Waals surface area contributed by atoms with E-state index in [1.807, 2.05) is 18.2 Å². The van der Waals surface area contributed by atoms with E-state index in [1.54, 1.807) is 26.4 Å². The van der Waals surface area contributed by atoms with Gasteiger partial charge in [0.2, 0.25) is 0 Å². The van der Waals surface area contributed by atoms with Crippen molar-refractivity contribution in [1.82, 2.24) is 4.98 Å². The van der Waals surface area contributed by atoms with E-state index in [9.17, 15) is 4.79 Å². The Morgan fingerprint density at radius 3 is 2.65 bits per heavy atom. The van der Waals surface area contributed by atoms with Gasteiger partial charge >= 0.3 is 0 Å². The van der Waals surface area contributed by atoms with E-state index in [-0.39, 0.29) is 0 Å². The van der Waals surface area contributed by atoms with E-state index in [0.29, 0.717) is 28.5 Å². The number of methoxy groups -OCH3 is 2. The molecule has 5 heteroatoms. The van der Waals surface area contributed by atoms with E-state index in [1.165, 1.54) is 0 Å². The number of ether oxygens (including phenoxy) is 2. The number of furan rings is 1. The van der Waals surface area contributed by atoms with Crippen molar-refractivity contribution in [1.29, 1.82) is 0 Å². The van der Waals surface area contributed by atoms with Crippen molar-refractivity contribution in [3.63, 3.8) is 0 Å². The fraction of sp³-hybridized carbons (Fsp3) is 0.133. The number of carbonyl (C=O) groups excluding carboxylic acids is 1. The molecule has 0 aliphatic carbocycles. The number of aromatic amines is 1. The van der Waals surface area contributed by atoms with Crippen LogP contribution in [0.5, 0.6) is 11.5 Å². The summed E-state index contributed by atoms with van der Waals surface area (Å²) in [6, 6.07) is 9.01. The Hall–Kier alpha value is -2.69. The van der Waals surface area contributed by atoms with Crippen LogP contribution in [-0.4, -0.2) is 25.5 Å². The molecule has 2 heterocycles. The summed E-state index contributed by atoms with van der Waals surface area (Å²) in [6.07, 6.45) is 0.753. The van der Waals surface area contributed by atoms with Gasteiger partial charge in [-0.1, -0.05) is 0 Å². The van der Waals surface area contributed by atoms with E-state index < -0.39 is 0 Å². The van der Waals surface area contributed by atoms with Crippen LogP contribution in [0.1, 0.15) is 10.5 Å². The second kappa shape index (κ2) is 4.77. The first-order chi connectivity index (χ1) is 9.75. The zero-order valence-corrected chi connectivity index (χ0v) is 11.1. The molecule has 0 aliphatic heterocycles. The normalized spacial score (nSPS) is 10.7. The molecule has 5 nitrogen and oxygen atoms in total. The van der Waals surface area contributed by atoms with Crippen molar-refractivity contribution in [2.45, 2.75) is 0 Å². The zero-order chi connectivity index (χ0) is 14.1. The molecule has 2 aromatic heterocycles. The number of nitrogens with one attached hydrogen (secondary N) is 1. The van der Waals surface area contributed by atoms with Crippen molar-refractivity contribution >= 4 is 17.4 Å². The molecule has 1 aromatic carbocycles. The number of benzene rings is 1. The molecule has 3 rings (SSSR count). The highest BCUT2D eigenvalue weighted by atomic mass is 16.5. The van der Waals surface area contributed by atoms with E-state index in [2.05, 4.69) is 4.98 Å². The standard InChI is InChI=1S/C15H13NO4/c1-18-10-3-4-11(13(6-10)19-2)14-7-12-15(20-14)5-9(8-17)16-12/h3-8,16H,1-2H3. The minimum Gasteiger partial charge on any atom is -0.497 e. The summed E-state index contributed by atoms with van der Waals surface area (Å²) in [5.74, 6) is 2.05. The number of rotatable bonds is 4. The smallest absolute Gasteiger partial charge is 0.166 e. The first-order valence-corrected chi connectivity index (χ1v) is 6.05. The molecule has 102 valence electrons. The second-order valence-corrected chi connectivity index (χ2v) is 4.30. The van der Waals surface area contributed by atoms with Crippen LogP contribution in [-0.2, 0) is 0 Å². The van der Waals surface area contributed by atoms with Gasteiger partial charge < -0.3 is 18.9 Å². The van der Waals surface area contributed by atoms with Crippen molar-refractivity contribution in [3.8, 4) is 22.8 Å². The minimum atomic E-state index is 0.493. The highest BCUT2D eigenvalue weighted by molar-refractivity contribution is 5.87. The Morgan fingerprint density at radius 2 is 2.00 bits per heavy atom. The molecule has 1 N–H and O–H groups in total. The van der Waals surface area contributed by atoms with Crippen molar-refractivity contribution in [2.75, 3.05) is 14.2 Å². The van der Waals surface area contributed by atoms with Gasteiger partial charge in [-0.25, -0.2) is 0 Å². The van der Waals surface area contributed by atoms with Crippen LogP contribution in [0, 0.1) is 0 Å². The fourth-order valence-electron chi connectivity index (χ4n) is 2.14. The van der Waals surface area contributed by atoms with Crippen molar-refractivity contribution < 1.29 is 18.7 Å². The predicted molar refractivity (Wildman–Crippen MR) is 74.5 cm³/mol. The molecular formula is C15H13NO4. The molecule has 0 saturated heterocycles. The van der Waals surface area contributed by atoms with Crippen LogP contribution in [0.25, 0.3) is 22.4 Å². The lowest BCUT2D eigenvalue weighted by atomic mass is 10.1. The summed E-state index contributed by atoms with van der Waals surface area (Å²) in [6.45, 7) is 0. The number of fused-ring (bicyclic) bond motifs is 1. The average Bonchev–Trinajstić information content (AvgIpc) is 3.04. The molecule has 0 spiro atoms. The van der Waals surface area contributed by atoms with Crippen LogP contribution >= 0.6 is 0 Å². The van der Waals surface area contributed by atoms with Gasteiger partial charge in [0.15, 0.2) is 11.9 Å². The summed E-state index contributed by atoms with van der Waals surface area (Å²) in [5.41, 5.74) is 2.73. The lowest BCUT2D eigenvalue weighted by Gasteiger charge is -2.08. The topological polar surface area (TPSA) is 64.5 Å². The minimum absolute atomic E-state index is 0.493. The zero-order valence-electron chi connectivity index (χ0n) is 11.1. The summed E-state index contributed by atoms with van der Waals surface area (Å²) < 4.78 is 16.3. The maximum atomic E-state index is 10.7. The van der Waals surface area contributed by atoms with Crippen molar-refractivity contribution in [3.05, 3.63) is 36.0 Å². The fourth-order valence-corrected chi connectivity index (χ4v) is 2.14. The highest BCUT2D eigenvalue weighted by Gasteiger charge is 2.14. The third-order valence-corrected chi connectivity index (χ3v) is 3.13. The monoisotopic (exact) mass is 271 g/mol. The van der Waals surface area contributed by atoms with Gasteiger partial charge in [0.1, 0.15) is 17.3 Å². The molecule has 0 aliphatic rings. The summed E-state index contributed by atoms with van der Waals surface area (Å²) in [4.78, 5) is 13.7. The number of H-pyrrole nitrogens is 1. The number of aromatic nitrogens is 1. The van der Waals surface area contributed by atoms with Gasteiger partial charge in [-0.2, -0.15) is 0 Å². The Kier molecular flexibility index (Phi) is 2.95. The van der Waals surface area contributed by atoms with Crippen LogP contribution in [0.2, 0.25) is 0 Å². The van der Waals surface area contributed by atoms with Crippen LogP contribution in [0.4, 0.5) is 0 Å². The Bertz CT molecular complexity index is 738. The van der Waals surface area contributed by atoms with Gasteiger partial charge in [0, 0.05) is 18.2 Å². The Morgan fingerprint density at radius 1 is 1.15 bits per heavy atom. The maximum Gasteiger partial charge on any atom is 0.166 e. The molecule has 0 atom stereocenters. The molecule has 0 bridgehead atoms. The van der Waals surface area contributed by atoms with Crippen LogP contribution in [0.3, 0.4) is 0 Å². The number of hydrogen-bond donors (Lipinski definition) is 1. The average molecular weight is 271 g/mol. The lowest BCUT2D eigenvalue weighted by molar-refractivity contribution is 0.111. The summed E-state index contributed by atoms with van der Waals surface area (Å²) >= 11 is 0. The first kappa shape index (κ1) is 12.3. The maximum absolute atomic E-state index is 10.7. The molecule has 20 heavy (non-hydrogen) atoms. The van der Waals surface area contributed by atoms with E-state index >= 15 is 0 Å². The first-order valence-electron chi connectivity index (χ1n) is 6.05. The molecular weight excluding hydrogens is 258 g/mol. The van der Waals surface area contributed by atoms with Gasteiger partial charge in [-0.05, 0) is 12.1 Å². The largest absolute Gasteiger partial charge is 0.497 e. The number of carbonyl (C=O) groups is 1. The van der Waals surface area contributed by atoms with E-state index in [0.717, 1.165) is 17.4 Å². The van der Waals surface area contributed by atoms with Gasteiger partial charge in [0.25, 0.3) is 0 Å². The quantitative estimate of drug-likeness (QED) is 0.740. The molecule has 3 aromatic rings. The van der Waals surface area contributed by atoms with Gasteiger partial charge in [-0.15, -0.1) is 0 Å². The van der Waals surface area contributed by atoms with Crippen LogP contribution in [0.15, 0.2) is 34.7 Å². The molecule has 0 unspecified atom stereocenters. The van der Waals surface area contributed by atoms with Gasteiger partial charge in [-0.3, -0.25) is 4.79 Å². The van der Waals surface area contributed by atoms with Crippen molar-refractivity contribution in [2.24, 2.45) is 0 Å². The van der Waals surface area contributed by atoms with Crippen LogP contribution < -0.4 is 9.47 Å². The molecule has 0 saturated carbocycles. The lowest BCUT2D eigenvalue weighted by Crippen LogP contribution is -1.89. The molecule has 0 radical (unpaired) electrons. The Balaban J connectivity index is 2.09. The highest BCUT2D eigenvalue weighted by Crippen LogP contribution is 2.36. The molecule has 0 amide bonds. The van der Waals surface area contributed by atoms with Gasteiger partial charge in [0.05, 0.1) is 31.0 Å². The van der Waals surface area contributed by atoms with E-state index in [4.69, 9.17) is 13.9 Å². The predicted octanol–water partition coefficient (Wildman–Crippen LogP) is 3.26. The summed E-state index contributed by atoms with van der Waals surface area (Å²) in [7, 11) is 3.20. The number of hydrogen-bond acceptors (Lipinski definition) is 4.